The molecule has 15 heavy (non-hydrogen) atoms. The lowest BCUT2D eigenvalue weighted by atomic mass is 10.3. The highest BCUT2D eigenvalue weighted by atomic mass is 35.5. The summed E-state index contributed by atoms with van der Waals surface area (Å²) in [4.78, 5) is 4.48. The van der Waals surface area contributed by atoms with Crippen LogP contribution in [0.15, 0.2) is 30.9 Å². The molecule has 0 radical (unpaired) electrons. The minimum absolute atomic E-state index is 0.766. The van der Waals surface area contributed by atoms with Crippen LogP contribution in [0.4, 0.5) is 0 Å². The van der Waals surface area contributed by atoms with Crippen LogP contribution in [0, 0.1) is 0 Å². The molecule has 0 unspecified atom stereocenters. The van der Waals surface area contributed by atoms with Crippen molar-refractivity contribution in [2.75, 3.05) is 6.54 Å². The van der Waals surface area contributed by atoms with Gasteiger partial charge in [0.1, 0.15) is 5.01 Å². The average molecular weight is 239 g/mol. The molecule has 78 valence electrons. The van der Waals surface area contributed by atoms with Gasteiger partial charge in [-0.05, 0) is 12.1 Å². The zero-order chi connectivity index (χ0) is 10.7. The van der Waals surface area contributed by atoms with Crippen LogP contribution < -0.4 is 5.32 Å². The molecule has 1 heterocycles. The Balaban J connectivity index is 2.23. The highest BCUT2D eigenvalue weighted by Gasteiger charge is 2.05. The lowest BCUT2D eigenvalue weighted by Gasteiger charge is -1.94. The van der Waals surface area contributed by atoms with Crippen molar-refractivity contribution in [1.29, 1.82) is 0 Å². The Labute approximate surface area is 97.6 Å². The van der Waals surface area contributed by atoms with Gasteiger partial charge in [0.15, 0.2) is 0 Å². The van der Waals surface area contributed by atoms with E-state index in [4.69, 9.17) is 11.6 Å². The van der Waals surface area contributed by atoms with Gasteiger partial charge in [0.2, 0.25) is 0 Å². The van der Waals surface area contributed by atoms with Crippen LogP contribution >= 0.6 is 22.9 Å². The van der Waals surface area contributed by atoms with Gasteiger partial charge in [0.05, 0.1) is 15.2 Å². The summed E-state index contributed by atoms with van der Waals surface area (Å²) >= 11 is 7.70. The lowest BCUT2D eigenvalue weighted by Crippen LogP contribution is -2.11. The molecule has 1 aromatic heterocycles. The Morgan fingerprint density at radius 2 is 2.40 bits per heavy atom. The maximum absolute atomic E-state index is 6.07. The summed E-state index contributed by atoms with van der Waals surface area (Å²) in [5.74, 6) is 0. The van der Waals surface area contributed by atoms with Gasteiger partial charge in [0, 0.05) is 13.1 Å². The molecule has 0 aliphatic heterocycles. The number of rotatable bonds is 4. The molecule has 0 aliphatic rings. The van der Waals surface area contributed by atoms with Gasteiger partial charge < -0.3 is 5.32 Å². The fourth-order valence-electron chi connectivity index (χ4n) is 1.32. The topological polar surface area (TPSA) is 24.9 Å². The van der Waals surface area contributed by atoms with E-state index in [1.807, 2.05) is 24.3 Å². The third-order valence-corrected chi connectivity index (χ3v) is 3.51. The van der Waals surface area contributed by atoms with E-state index in [2.05, 4.69) is 16.9 Å². The zero-order valence-corrected chi connectivity index (χ0v) is 9.74. The Kier molecular flexibility index (Phi) is 3.36. The lowest BCUT2D eigenvalue weighted by molar-refractivity contribution is 0.757. The van der Waals surface area contributed by atoms with Gasteiger partial charge in [-0.3, -0.25) is 0 Å². The Hall–Kier alpha value is -0.900. The first-order chi connectivity index (χ1) is 7.31. The molecular weight excluding hydrogens is 228 g/mol. The molecule has 0 aliphatic carbocycles. The molecule has 0 saturated carbocycles. The minimum Gasteiger partial charge on any atom is -0.307 e. The van der Waals surface area contributed by atoms with Crippen LogP contribution in [0.25, 0.3) is 10.2 Å². The second-order valence-corrected chi connectivity index (χ2v) is 4.61. The number of halogens is 1. The normalized spacial score (nSPS) is 10.7. The molecule has 0 atom stereocenters. The quantitative estimate of drug-likeness (QED) is 0.654. The fraction of sp³-hybridized carbons (Fsp3) is 0.182. The van der Waals surface area contributed by atoms with Crippen LogP contribution in [-0.4, -0.2) is 11.5 Å². The number of nitrogens with one attached hydrogen (secondary N) is 1. The van der Waals surface area contributed by atoms with Crippen molar-refractivity contribution in [3.63, 3.8) is 0 Å². The van der Waals surface area contributed by atoms with Gasteiger partial charge in [-0.15, -0.1) is 17.9 Å². The molecule has 0 fully saturated rings. The predicted octanol–water partition coefficient (Wildman–Crippen LogP) is 3.23. The molecule has 0 spiro atoms. The van der Waals surface area contributed by atoms with E-state index in [9.17, 15) is 0 Å². The summed E-state index contributed by atoms with van der Waals surface area (Å²) in [6, 6.07) is 5.79. The maximum Gasteiger partial charge on any atom is 0.108 e. The molecular formula is C11H11ClN2S. The van der Waals surface area contributed by atoms with E-state index in [1.165, 1.54) is 0 Å². The van der Waals surface area contributed by atoms with Gasteiger partial charge >= 0.3 is 0 Å². The molecule has 2 rings (SSSR count). The van der Waals surface area contributed by atoms with Crippen molar-refractivity contribution in [1.82, 2.24) is 10.3 Å². The van der Waals surface area contributed by atoms with Crippen LogP contribution in [0.3, 0.4) is 0 Å². The predicted molar refractivity (Wildman–Crippen MR) is 66.5 cm³/mol. The number of aromatic nitrogens is 1. The smallest absolute Gasteiger partial charge is 0.108 e. The summed E-state index contributed by atoms with van der Waals surface area (Å²) in [5, 5.41) is 5.05. The van der Waals surface area contributed by atoms with Crippen LogP contribution in [0.2, 0.25) is 5.02 Å². The van der Waals surface area contributed by atoms with Gasteiger partial charge in [-0.2, -0.15) is 0 Å². The largest absolute Gasteiger partial charge is 0.307 e. The fourth-order valence-corrected chi connectivity index (χ4v) is 2.54. The first-order valence-corrected chi connectivity index (χ1v) is 5.86. The molecule has 1 aromatic carbocycles. The van der Waals surface area contributed by atoms with E-state index in [0.29, 0.717) is 0 Å². The first kappa shape index (κ1) is 10.6. The highest BCUT2D eigenvalue weighted by Crippen LogP contribution is 2.28. The van der Waals surface area contributed by atoms with E-state index in [1.54, 1.807) is 11.3 Å². The number of hydrogen-bond donors (Lipinski definition) is 1. The van der Waals surface area contributed by atoms with Crippen molar-refractivity contribution >= 4 is 33.2 Å². The maximum atomic E-state index is 6.07. The number of fused-ring (bicyclic) bond motifs is 1. The minimum atomic E-state index is 0.766. The van der Waals surface area contributed by atoms with Crippen LogP contribution in [0.5, 0.6) is 0 Å². The molecule has 2 nitrogen and oxygen atoms in total. The summed E-state index contributed by atoms with van der Waals surface area (Å²) in [5.41, 5.74) is 0.975. The van der Waals surface area contributed by atoms with Crippen molar-refractivity contribution in [3.05, 3.63) is 40.9 Å². The third-order valence-electron chi connectivity index (χ3n) is 1.98. The Bertz CT molecular complexity index is 478. The van der Waals surface area contributed by atoms with Crippen molar-refractivity contribution in [2.24, 2.45) is 0 Å². The van der Waals surface area contributed by atoms with E-state index in [-0.39, 0.29) is 0 Å². The van der Waals surface area contributed by atoms with Crippen molar-refractivity contribution in [2.45, 2.75) is 6.54 Å². The van der Waals surface area contributed by atoms with Crippen molar-refractivity contribution < 1.29 is 0 Å². The van der Waals surface area contributed by atoms with E-state index < -0.39 is 0 Å². The molecule has 4 heteroatoms. The summed E-state index contributed by atoms with van der Waals surface area (Å²) < 4.78 is 1.06. The van der Waals surface area contributed by atoms with Gasteiger partial charge in [0.25, 0.3) is 0 Å². The number of thiazole rings is 1. The summed E-state index contributed by atoms with van der Waals surface area (Å²) in [6.07, 6.45) is 1.83. The Morgan fingerprint density at radius 3 is 3.13 bits per heavy atom. The standard InChI is InChI=1S/C11H11ClN2S/c1-2-6-13-7-10-14-9-5-3-4-8(12)11(9)15-10/h2-5,13H,1,6-7H2. The zero-order valence-electron chi connectivity index (χ0n) is 8.16. The summed E-state index contributed by atoms with van der Waals surface area (Å²) in [7, 11) is 0. The number of nitrogens with zero attached hydrogens (tertiary/aromatic N) is 1. The van der Waals surface area contributed by atoms with E-state index in [0.717, 1.165) is 33.3 Å². The van der Waals surface area contributed by atoms with Gasteiger partial charge in [-0.25, -0.2) is 4.98 Å². The first-order valence-electron chi connectivity index (χ1n) is 4.67. The van der Waals surface area contributed by atoms with Crippen molar-refractivity contribution in [3.8, 4) is 0 Å². The molecule has 0 amide bonds. The number of hydrogen-bond acceptors (Lipinski definition) is 3. The molecule has 1 N–H and O–H groups in total. The third kappa shape index (κ3) is 2.37. The molecule has 0 saturated heterocycles. The van der Waals surface area contributed by atoms with Crippen LogP contribution in [0.1, 0.15) is 5.01 Å². The highest BCUT2D eigenvalue weighted by molar-refractivity contribution is 7.19. The SMILES string of the molecule is C=CCNCc1nc2cccc(Cl)c2s1. The molecule has 0 bridgehead atoms. The van der Waals surface area contributed by atoms with Crippen LogP contribution in [-0.2, 0) is 6.54 Å². The van der Waals surface area contributed by atoms with Gasteiger partial charge in [-0.1, -0.05) is 23.7 Å². The average Bonchev–Trinajstić information content (AvgIpc) is 2.63. The monoisotopic (exact) mass is 238 g/mol. The summed E-state index contributed by atoms with van der Waals surface area (Å²) in [6.45, 7) is 5.21. The second kappa shape index (κ2) is 4.75. The van der Waals surface area contributed by atoms with E-state index >= 15 is 0 Å². The number of benzene rings is 1. The molecule has 2 aromatic rings. The second-order valence-electron chi connectivity index (χ2n) is 3.12. The Morgan fingerprint density at radius 1 is 1.53 bits per heavy atom.